The Morgan fingerprint density at radius 2 is 1.60 bits per heavy atom. The van der Waals surface area contributed by atoms with Gasteiger partial charge in [-0.05, 0) is 49.1 Å². The molecule has 0 spiro atoms. The minimum atomic E-state index is -4.15. The molecule has 0 unspecified atom stereocenters. The highest BCUT2D eigenvalue weighted by Gasteiger charge is 2.33. The molecule has 0 N–H and O–H groups in total. The summed E-state index contributed by atoms with van der Waals surface area (Å²) in [5, 5.41) is 0. The number of ether oxygens (including phenoxy) is 1. The Balaban J connectivity index is 1.55. The highest BCUT2D eigenvalue weighted by Crippen LogP contribution is 2.34. The van der Waals surface area contributed by atoms with E-state index in [2.05, 4.69) is 0 Å². The number of piperidine rings is 1. The van der Waals surface area contributed by atoms with Crippen LogP contribution < -0.4 is 9.64 Å². The van der Waals surface area contributed by atoms with Crippen molar-refractivity contribution in [2.75, 3.05) is 51.3 Å². The standard InChI is InChI=1S/C23H29F2N3O5S2/c1-17-4-3-9-28(16-17)34(29,30)19-6-7-22(33-2)21(15-19)26-10-12-27(13-11-26)35(31,32)23-8-5-18(24)14-20(23)25/h5-8,14-15,17H,3-4,9-13,16H2,1-2H3/t17-/m0/s1. The monoisotopic (exact) mass is 529 g/mol. The zero-order valence-electron chi connectivity index (χ0n) is 19.7. The first-order valence-corrected chi connectivity index (χ1v) is 14.3. The molecule has 4 rings (SSSR count). The first-order valence-electron chi connectivity index (χ1n) is 11.4. The summed E-state index contributed by atoms with van der Waals surface area (Å²) < 4.78 is 87.9. The van der Waals surface area contributed by atoms with E-state index in [4.69, 9.17) is 4.74 Å². The van der Waals surface area contributed by atoms with Gasteiger partial charge in [-0.25, -0.2) is 25.6 Å². The largest absolute Gasteiger partial charge is 0.495 e. The highest BCUT2D eigenvalue weighted by molar-refractivity contribution is 7.89. The maximum Gasteiger partial charge on any atom is 0.246 e. The molecule has 2 saturated heterocycles. The van der Waals surface area contributed by atoms with Crippen LogP contribution in [0.4, 0.5) is 14.5 Å². The van der Waals surface area contributed by atoms with Crippen molar-refractivity contribution in [1.29, 1.82) is 0 Å². The van der Waals surface area contributed by atoms with Crippen LogP contribution in [0.2, 0.25) is 0 Å². The van der Waals surface area contributed by atoms with Gasteiger partial charge in [-0.15, -0.1) is 0 Å². The van der Waals surface area contributed by atoms with Gasteiger partial charge >= 0.3 is 0 Å². The van der Waals surface area contributed by atoms with Crippen molar-refractivity contribution < 1.29 is 30.4 Å². The predicted octanol–water partition coefficient (Wildman–Crippen LogP) is 2.90. The van der Waals surface area contributed by atoms with Crippen LogP contribution in [0.1, 0.15) is 19.8 Å². The minimum absolute atomic E-state index is 0.0446. The third-order valence-corrected chi connectivity index (χ3v) is 10.3. The van der Waals surface area contributed by atoms with Crippen molar-refractivity contribution in [2.45, 2.75) is 29.6 Å². The lowest BCUT2D eigenvalue weighted by molar-refractivity contribution is 0.281. The van der Waals surface area contributed by atoms with Crippen LogP contribution in [-0.2, 0) is 20.0 Å². The van der Waals surface area contributed by atoms with E-state index < -0.39 is 36.6 Å². The lowest BCUT2D eigenvalue weighted by Gasteiger charge is -2.36. The maximum atomic E-state index is 14.1. The van der Waals surface area contributed by atoms with E-state index in [0.29, 0.717) is 30.6 Å². The minimum Gasteiger partial charge on any atom is -0.495 e. The van der Waals surface area contributed by atoms with Crippen molar-refractivity contribution in [3.8, 4) is 5.75 Å². The number of benzene rings is 2. The van der Waals surface area contributed by atoms with Gasteiger partial charge in [0.05, 0.1) is 17.7 Å². The van der Waals surface area contributed by atoms with E-state index in [1.165, 1.54) is 17.5 Å². The molecule has 2 aliphatic heterocycles. The molecule has 0 amide bonds. The molecule has 0 radical (unpaired) electrons. The van der Waals surface area contributed by atoms with Crippen LogP contribution in [0.25, 0.3) is 0 Å². The van der Waals surface area contributed by atoms with Gasteiger partial charge in [0.25, 0.3) is 0 Å². The molecule has 12 heteroatoms. The Hall–Kier alpha value is -2.28. The summed E-state index contributed by atoms with van der Waals surface area (Å²) in [4.78, 5) is 1.43. The number of nitrogens with zero attached hydrogens (tertiary/aromatic N) is 3. The Morgan fingerprint density at radius 3 is 2.23 bits per heavy atom. The third-order valence-electron chi connectivity index (χ3n) is 6.50. The van der Waals surface area contributed by atoms with Gasteiger partial charge in [0, 0.05) is 45.3 Å². The van der Waals surface area contributed by atoms with Gasteiger partial charge in [0.15, 0.2) is 0 Å². The molecule has 0 aromatic heterocycles. The quantitative estimate of drug-likeness (QED) is 0.572. The Bertz CT molecular complexity index is 1300. The smallest absolute Gasteiger partial charge is 0.246 e. The van der Waals surface area contributed by atoms with Gasteiger partial charge in [-0.1, -0.05) is 6.92 Å². The van der Waals surface area contributed by atoms with Gasteiger partial charge < -0.3 is 9.64 Å². The lowest BCUT2D eigenvalue weighted by atomic mass is 10.0. The van der Waals surface area contributed by atoms with E-state index in [9.17, 15) is 25.6 Å². The number of hydrogen-bond donors (Lipinski definition) is 0. The number of anilines is 1. The summed E-state index contributed by atoms with van der Waals surface area (Å²) in [7, 11) is -6.35. The summed E-state index contributed by atoms with van der Waals surface area (Å²) >= 11 is 0. The van der Waals surface area contributed by atoms with Crippen molar-refractivity contribution in [1.82, 2.24) is 8.61 Å². The molecule has 1 atom stereocenters. The highest BCUT2D eigenvalue weighted by atomic mass is 32.2. The molecular formula is C23H29F2N3O5S2. The van der Waals surface area contributed by atoms with Crippen LogP contribution in [0, 0.1) is 17.6 Å². The normalized spacial score (nSPS) is 20.7. The molecular weight excluding hydrogens is 500 g/mol. The van der Waals surface area contributed by atoms with E-state index in [1.54, 1.807) is 12.1 Å². The van der Waals surface area contributed by atoms with Gasteiger partial charge in [-0.3, -0.25) is 0 Å². The third kappa shape index (κ3) is 5.16. The molecule has 0 aliphatic carbocycles. The fraction of sp³-hybridized carbons (Fsp3) is 0.478. The molecule has 192 valence electrons. The second-order valence-electron chi connectivity index (χ2n) is 8.91. The molecule has 2 aromatic carbocycles. The number of hydrogen-bond acceptors (Lipinski definition) is 6. The SMILES string of the molecule is COc1ccc(S(=O)(=O)N2CCC[C@H](C)C2)cc1N1CCN(S(=O)(=O)c2ccc(F)cc2F)CC1. The van der Waals surface area contributed by atoms with Crippen LogP contribution in [0.5, 0.6) is 5.75 Å². The molecule has 0 bridgehead atoms. The number of methoxy groups -OCH3 is 1. The topological polar surface area (TPSA) is 87.2 Å². The Labute approximate surface area is 205 Å². The van der Waals surface area contributed by atoms with E-state index in [0.717, 1.165) is 29.3 Å². The summed E-state index contributed by atoms with van der Waals surface area (Å²) in [5.41, 5.74) is 0.545. The first kappa shape index (κ1) is 25.8. The van der Waals surface area contributed by atoms with Crippen molar-refractivity contribution in [3.05, 3.63) is 48.0 Å². The second kappa shape index (κ2) is 10.00. The molecule has 35 heavy (non-hydrogen) atoms. The van der Waals surface area contributed by atoms with Crippen molar-refractivity contribution in [3.63, 3.8) is 0 Å². The van der Waals surface area contributed by atoms with Gasteiger partial charge in [0.2, 0.25) is 20.0 Å². The maximum absolute atomic E-state index is 14.1. The molecule has 0 saturated carbocycles. The molecule has 2 fully saturated rings. The molecule has 2 heterocycles. The van der Waals surface area contributed by atoms with Crippen molar-refractivity contribution in [2.24, 2.45) is 5.92 Å². The average molecular weight is 530 g/mol. The lowest BCUT2D eigenvalue weighted by Crippen LogP contribution is -2.49. The summed E-state index contributed by atoms with van der Waals surface area (Å²) in [6, 6.07) is 7.07. The predicted molar refractivity (Wildman–Crippen MR) is 127 cm³/mol. The number of sulfonamides is 2. The van der Waals surface area contributed by atoms with Crippen LogP contribution >= 0.6 is 0 Å². The van der Waals surface area contributed by atoms with Crippen LogP contribution in [0.3, 0.4) is 0 Å². The van der Waals surface area contributed by atoms with Gasteiger partial charge in [0.1, 0.15) is 22.3 Å². The van der Waals surface area contributed by atoms with E-state index >= 15 is 0 Å². The van der Waals surface area contributed by atoms with E-state index in [1.807, 2.05) is 11.8 Å². The number of rotatable bonds is 6. The fourth-order valence-corrected chi connectivity index (χ4v) is 7.67. The summed E-state index contributed by atoms with van der Waals surface area (Å²) in [6.07, 6.45) is 1.81. The first-order chi connectivity index (χ1) is 16.5. The molecule has 8 nitrogen and oxygen atoms in total. The number of halogens is 2. The molecule has 2 aromatic rings. The Kier molecular flexibility index (Phi) is 7.37. The number of piperazine rings is 1. The zero-order chi connectivity index (χ0) is 25.4. The average Bonchev–Trinajstić information content (AvgIpc) is 2.83. The second-order valence-corrected chi connectivity index (χ2v) is 12.8. The Morgan fingerprint density at radius 1 is 0.886 bits per heavy atom. The molecule has 2 aliphatic rings. The van der Waals surface area contributed by atoms with E-state index in [-0.39, 0.29) is 37.0 Å². The summed E-state index contributed by atoms with van der Waals surface area (Å²) in [6.45, 7) is 3.55. The van der Waals surface area contributed by atoms with Crippen LogP contribution in [0.15, 0.2) is 46.2 Å². The van der Waals surface area contributed by atoms with Crippen molar-refractivity contribution >= 4 is 25.7 Å². The fourth-order valence-electron chi connectivity index (χ4n) is 4.58. The van der Waals surface area contributed by atoms with Gasteiger partial charge in [-0.2, -0.15) is 8.61 Å². The van der Waals surface area contributed by atoms with Crippen LogP contribution in [-0.4, -0.2) is 71.8 Å². The zero-order valence-corrected chi connectivity index (χ0v) is 21.3. The summed E-state index contributed by atoms with van der Waals surface area (Å²) in [5.74, 6) is -1.24.